The molecule has 96 valence electrons. The molecule has 0 unspecified atom stereocenters. The Morgan fingerprint density at radius 2 is 1.94 bits per heavy atom. The smallest absolute Gasteiger partial charge is 0.322 e. The zero-order valence-corrected chi connectivity index (χ0v) is 11.4. The van der Waals surface area contributed by atoms with Crippen molar-refractivity contribution in [2.24, 2.45) is 0 Å². The number of ether oxygens (including phenoxy) is 1. The van der Waals surface area contributed by atoms with Crippen LogP contribution in [0.3, 0.4) is 0 Å². The first-order valence-electron chi connectivity index (χ1n) is 5.92. The number of anilines is 1. The monoisotopic (exact) mass is 258 g/mol. The predicted octanol–water partition coefficient (Wildman–Crippen LogP) is 2.55. The van der Waals surface area contributed by atoms with Crippen LogP contribution in [-0.2, 0) is 0 Å². The van der Waals surface area contributed by atoms with Gasteiger partial charge in [-0.25, -0.2) is 0 Å². The fraction of sp³-hybridized carbons (Fsp3) is 0.727. The fourth-order valence-electron chi connectivity index (χ4n) is 1.25. The second-order valence-corrected chi connectivity index (χ2v) is 4.15. The summed E-state index contributed by atoms with van der Waals surface area (Å²) in [5.41, 5.74) is 0. The van der Waals surface area contributed by atoms with Gasteiger partial charge in [0.2, 0.25) is 11.2 Å². The third-order valence-corrected chi connectivity index (χ3v) is 2.37. The summed E-state index contributed by atoms with van der Waals surface area (Å²) in [5.74, 6) is 0.560. The summed E-state index contributed by atoms with van der Waals surface area (Å²) in [6, 6.07) is 0.296. The van der Waals surface area contributed by atoms with Crippen LogP contribution >= 0.6 is 11.6 Å². The topological polar surface area (TPSA) is 51.1 Å². The van der Waals surface area contributed by atoms with Crippen molar-refractivity contribution in [1.29, 1.82) is 0 Å². The predicted molar refractivity (Wildman–Crippen MR) is 68.8 cm³/mol. The number of aromatic nitrogens is 3. The summed E-state index contributed by atoms with van der Waals surface area (Å²) in [7, 11) is 1.94. The second kappa shape index (κ2) is 7.27. The van der Waals surface area contributed by atoms with Gasteiger partial charge in [0, 0.05) is 13.6 Å². The maximum atomic E-state index is 5.84. The zero-order valence-electron chi connectivity index (χ0n) is 10.6. The first kappa shape index (κ1) is 14.0. The molecule has 0 aliphatic heterocycles. The van der Waals surface area contributed by atoms with Gasteiger partial charge in [0.15, 0.2) is 0 Å². The normalized spacial score (nSPS) is 10.4. The molecular formula is C11H19ClN4O. The van der Waals surface area contributed by atoms with Crippen LogP contribution < -0.4 is 9.64 Å². The van der Waals surface area contributed by atoms with E-state index in [1.165, 1.54) is 0 Å². The van der Waals surface area contributed by atoms with Gasteiger partial charge in [-0.15, -0.1) is 0 Å². The molecule has 6 heteroatoms. The Morgan fingerprint density at radius 1 is 1.18 bits per heavy atom. The molecule has 17 heavy (non-hydrogen) atoms. The van der Waals surface area contributed by atoms with Crippen molar-refractivity contribution in [3.8, 4) is 6.01 Å². The van der Waals surface area contributed by atoms with Crippen molar-refractivity contribution in [1.82, 2.24) is 15.0 Å². The van der Waals surface area contributed by atoms with Crippen LogP contribution in [0.4, 0.5) is 5.95 Å². The van der Waals surface area contributed by atoms with Crippen molar-refractivity contribution >= 4 is 17.5 Å². The minimum Gasteiger partial charge on any atom is -0.463 e. The van der Waals surface area contributed by atoms with E-state index in [0.29, 0.717) is 18.6 Å². The molecule has 0 spiro atoms. The van der Waals surface area contributed by atoms with E-state index in [2.05, 4.69) is 21.9 Å². The van der Waals surface area contributed by atoms with Gasteiger partial charge in [-0.2, -0.15) is 15.0 Å². The summed E-state index contributed by atoms with van der Waals surface area (Å²) in [4.78, 5) is 14.2. The SMILES string of the molecule is CCCCN(C)c1nc(Cl)nc(OCCC)n1. The standard InChI is InChI=1S/C11H19ClN4O/c1-4-6-7-16(3)10-13-9(12)14-11(15-10)17-8-5-2/h4-8H2,1-3H3. The summed E-state index contributed by atoms with van der Waals surface area (Å²) >= 11 is 5.84. The molecule has 1 aromatic rings. The van der Waals surface area contributed by atoms with E-state index in [1.54, 1.807) is 0 Å². The molecule has 1 heterocycles. The number of hydrogen-bond donors (Lipinski definition) is 0. The first-order chi connectivity index (χ1) is 8.17. The zero-order chi connectivity index (χ0) is 12.7. The van der Waals surface area contributed by atoms with Crippen molar-refractivity contribution in [3.05, 3.63) is 5.28 Å². The highest BCUT2D eigenvalue weighted by molar-refractivity contribution is 6.28. The van der Waals surface area contributed by atoms with Crippen LogP contribution in [-0.4, -0.2) is 35.2 Å². The minimum atomic E-state index is 0.171. The molecule has 0 aliphatic carbocycles. The Hall–Kier alpha value is -1.10. The van der Waals surface area contributed by atoms with Crippen molar-refractivity contribution < 1.29 is 4.74 Å². The van der Waals surface area contributed by atoms with E-state index in [-0.39, 0.29) is 5.28 Å². The van der Waals surface area contributed by atoms with E-state index >= 15 is 0 Å². The van der Waals surface area contributed by atoms with Crippen molar-refractivity contribution in [2.75, 3.05) is 25.1 Å². The molecule has 0 radical (unpaired) electrons. The van der Waals surface area contributed by atoms with E-state index in [9.17, 15) is 0 Å². The first-order valence-corrected chi connectivity index (χ1v) is 6.30. The van der Waals surface area contributed by atoms with Gasteiger partial charge in [-0.1, -0.05) is 20.3 Å². The van der Waals surface area contributed by atoms with Crippen LogP contribution in [0.5, 0.6) is 6.01 Å². The molecule has 0 saturated heterocycles. The molecule has 0 fully saturated rings. The maximum Gasteiger partial charge on any atom is 0.322 e. The van der Waals surface area contributed by atoms with Gasteiger partial charge in [-0.05, 0) is 24.4 Å². The molecule has 0 aliphatic rings. The molecular weight excluding hydrogens is 240 g/mol. The lowest BCUT2D eigenvalue weighted by Crippen LogP contribution is -2.21. The highest BCUT2D eigenvalue weighted by atomic mass is 35.5. The molecule has 1 rings (SSSR count). The van der Waals surface area contributed by atoms with Gasteiger partial charge >= 0.3 is 6.01 Å². The van der Waals surface area contributed by atoms with Crippen molar-refractivity contribution in [2.45, 2.75) is 33.1 Å². The molecule has 0 bridgehead atoms. The van der Waals surface area contributed by atoms with Crippen LogP contribution in [0.25, 0.3) is 0 Å². The molecule has 0 N–H and O–H groups in total. The summed E-state index contributed by atoms with van der Waals surface area (Å²) < 4.78 is 5.36. The van der Waals surface area contributed by atoms with Gasteiger partial charge in [0.25, 0.3) is 0 Å². The van der Waals surface area contributed by atoms with Crippen molar-refractivity contribution in [3.63, 3.8) is 0 Å². The lowest BCUT2D eigenvalue weighted by atomic mass is 10.3. The Balaban J connectivity index is 2.73. The van der Waals surface area contributed by atoms with Gasteiger partial charge in [0.05, 0.1) is 6.61 Å². The Labute approximate surface area is 107 Å². The Bertz CT molecular complexity index is 348. The number of hydrogen-bond acceptors (Lipinski definition) is 5. The molecule has 0 amide bonds. The van der Waals surface area contributed by atoms with Gasteiger partial charge < -0.3 is 9.64 Å². The summed E-state index contributed by atoms with van der Waals surface area (Å²) in [6.07, 6.45) is 3.12. The van der Waals surface area contributed by atoms with Gasteiger partial charge in [0.1, 0.15) is 0 Å². The average molecular weight is 259 g/mol. The number of rotatable bonds is 7. The minimum absolute atomic E-state index is 0.171. The van der Waals surface area contributed by atoms with E-state index < -0.39 is 0 Å². The fourth-order valence-corrected chi connectivity index (χ4v) is 1.39. The lowest BCUT2D eigenvalue weighted by Gasteiger charge is -2.16. The molecule has 0 aromatic carbocycles. The van der Waals surface area contributed by atoms with E-state index in [0.717, 1.165) is 25.8 Å². The second-order valence-electron chi connectivity index (χ2n) is 3.81. The highest BCUT2D eigenvalue weighted by Crippen LogP contribution is 2.14. The largest absolute Gasteiger partial charge is 0.463 e. The lowest BCUT2D eigenvalue weighted by molar-refractivity contribution is 0.291. The maximum absolute atomic E-state index is 5.84. The third-order valence-electron chi connectivity index (χ3n) is 2.20. The van der Waals surface area contributed by atoms with Crippen LogP contribution in [0.2, 0.25) is 5.28 Å². The average Bonchev–Trinajstić information content (AvgIpc) is 2.32. The molecule has 0 atom stereocenters. The van der Waals surface area contributed by atoms with E-state index in [1.807, 2.05) is 18.9 Å². The summed E-state index contributed by atoms with van der Waals surface area (Å²) in [6.45, 7) is 5.64. The molecule has 0 saturated carbocycles. The highest BCUT2D eigenvalue weighted by Gasteiger charge is 2.09. The van der Waals surface area contributed by atoms with Crippen LogP contribution in [0, 0.1) is 0 Å². The molecule has 1 aromatic heterocycles. The third kappa shape index (κ3) is 4.73. The van der Waals surface area contributed by atoms with Crippen LogP contribution in [0.1, 0.15) is 33.1 Å². The Morgan fingerprint density at radius 3 is 2.59 bits per heavy atom. The molecule has 5 nitrogen and oxygen atoms in total. The van der Waals surface area contributed by atoms with E-state index in [4.69, 9.17) is 16.3 Å². The van der Waals surface area contributed by atoms with Crippen LogP contribution in [0.15, 0.2) is 0 Å². The number of nitrogens with zero attached hydrogens (tertiary/aromatic N) is 4. The Kier molecular flexibility index (Phi) is 5.97. The van der Waals surface area contributed by atoms with Gasteiger partial charge in [-0.3, -0.25) is 0 Å². The number of halogens is 1. The quantitative estimate of drug-likeness (QED) is 0.752. The number of unbranched alkanes of at least 4 members (excludes halogenated alkanes) is 1. The summed E-state index contributed by atoms with van der Waals surface area (Å²) in [5, 5.41) is 0.171.